The summed E-state index contributed by atoms with van der Waals surface area (Å²) in [4.78, 5) is 29.1. The lowest BCUT2D eigenvalue weighted by atomic mass is 10.0. The predicted octanol–water partition coefficient (Wildman–Crippen LogP) is 5.33. The van der Waals surface area contributed by atoms with Crippen LogP contribution in [-0.2, 0) is 32.6 Å². The van der Waals surface area contributed by atoms with E-state index in [1.165, 1.54) is 4.90 Å². The lowest BCUT2D eigenvalue weighted by molar-refractivity contribution is -0.140. The molecule has 224 valence electrons. The van der Waals surface area contributed by atoms with Crippen LogP contribution in [0.4, 0.5) is 5.69 Å². The Labute approximate surface area is 254 Å². The lowest BCUT2D eigenvalue weighted by Gasteiger charge is -2.33. The fourth-order valence-electron chi connectivity index (χ4n) is 4.74. The van der Waals surface area contributed by atoms with E-state index >= 15 is 0 Å². The number of carbonyl (C=O) groups is 2. The average Bonchev–Trinajstić information content (AvgIpc) is 2.99. The van der Waals surface area contributed by atoms with Crippen molar-refractivity contribution in [3.63, 3.8) is 0 Å². The zero-order valence-corrected chi connectivity index (χ0v) is 25.5. The molecule has 1 unspecified atom stereocenters. The van der Waals surface area contributed by atoms with Crippen LogP contribution >= 0.6 is 0 Å². The first kappa shape index (κ1) is 31.3. The first-order valence-corrected chi connectivity index (χ1v) is 16.0. The van der Waals surface area contributed by atoms with Crippen LogP contribution in [0, 0.1) is 6.92 Å². The standard InChI is InChI=1S/C34H37N3O5S/c1-4-35-34(39)32(23-27-14-7-5-8-15-27)36(24-28-16-12-11-13-26(28)2)33(38)25-37(43(3,40)41)29-19-21-31(22-20-29)42-30-17-9-6-10-18-30/h5-22,32H,4,23-25H2,1-3H3,(H,35,39). The number of hydrogen-bond donors (Lipinski definition) is 1. The van der Waals surface area contributed by atoms with E-state index in [9.17, 15) is 18.0 Å². The highest BCUT2D eigenvalue weighted by Gasteiger charge is 2.33. The summed E-state index contributed by atoms with van der Waals surface area (Å²) in [6.07, 6.45) is 1.33. The first-order chi connectivity index (χ1) is 20.7. The fourth-order valence-corrected chi connectivity index (χ4v) is 5.59. The summed E-state index contributed by atoms with van der Waals surface area (Å²) < 4.78 is 32.9. The maximum Gasteiger partial charge on any atom is 0.244 e. The Morgan fingerprint density at radius 2 is 1.40 bits per heavy atom. The van der Waals surface area contributed by atoms with Gasteiger partial charge in [0.25, 0.3) is 0 Å². The minimum absolute atomic E-state index is 0.140. The summed E-state index contributed by atoms with van der Waals surface area (Å²) in [5.41, 5.74) is 3.02. The van der Waals surface area contributed by atoms with Crippen molar-refractivity contribution in [2.75, 3.05) is 23.7 Å². The van der Waals surface area contributed by atoms with Crippen LogP contribution in [0.1, 0.15) is 23.6 Å². The van der Waals surface area contributed by atoms with Crippen molar-refractivity contribution in [1.29, 1.82) is 0 Å². The zero-order valence-electron chi connectivity index (χ0n) is 24.6. The van der Waals surface area contributed by atoms with Crippen molar-refractivity contribution in [1.82, 2.24) is 10.2 Å². The van der Waals surface area contributed by atoms with Crippen LogP contribution in [0.3, 0.4) is 0 Å². The second kappa shape index (κ2) is 14.5. The van der Waals surface area contributed by atoms with Gasteiger partial charge in [0.2, 0.25) is 21.8 Å². The Hall–Kier alpha value is -4.63. The Bertz CT molecular complexity index is 1610. The molecule has 4 rings (SSSR count). The zero-order chi connectivity index (χ0) is 30.8. The van der Waals surface area contributed by atoms with Crippen molar-refractivity contribution in [3.05, 3.63) is 126 Å². The van der Waals surface area contributed by atoms with Gasteiger partial charge in [0.1, 0.15) is 24.1 Å². The Kier molecular flexibility index (Phi) is 10.6. The molecule has 0 aliphatic carbocycles. The molecule has 0 radical (unpaired) electrons. The lowest BCUT2D eigenvalue weighted by Crippen LogP contribution is -2.53. The molecule has 0 aromatic heterocycles. The van der Waals surface area contributed by atoms with Crippen LogP contribution < -0.4 is 14.4 Å². The van der Waals surface area contributed by atoms with Crippen LogP contribution in [0.2, 0.25) is 0 Å². The highest BCUT2D eigenvalue weighted by molar-refractivity contribution is 7.92. The van der Waals surface area contributed by atoms with Gasteiger partial charge in [-0.3, -0.25) is 13.9 Å². The number of benzene rings is 4. The number of sulfonamides is 1. The third-order valence-corrected chi connectivity index (χ3v) is 8.15. The van der Waals surface area contributed by atoms with Gasteiger partial charge in [-0.25, -0.2) is 8.42 Å². The number of aryl methyl sites for hydroxylation is 1. The van der Waals surface area contributed by atoms with Gasteiger partial charge in [-0.2, -0.15) is 0 Å². The molecule has 0 saturated heterocycles. The second-order valence-corrected chi connectivity index (χ2v) is 12.1. The maximum atomic E-state index is 14.2. The molecular weight excluding hydrogens is 562 g/mol. The molecule has 1 atom stereocenters. The van der Waals surface area contributed by atoms with E-state index in [-0.39, 0.29) is 18.9 Å². The highest BCUT2D eigenvalue weighted by atomic mass is 32.2. The van der Waals surface area contributed by atoms with Crippen molar-refractivity contribution >= 4 is 27.5 Å². The van der Waals surface area contributed by atoms with Gasteiger partial charge in [0.15, 0.2) is 0 Å². The smallest absolute Gasteiger partial charge is 0.244 e. The largest absolute Gasteiger partial charge is 0.457 e. The van der Waals surface area contributed by atoms with Crippen molar-refractivity contribution < 1.29 is 22.7 Å². The van der Waals surface area contributed by atoms with E-state index in [1.54, 1.807) is 24.3 Å². The predicted molar refractivity (Wildman–Crippen MR) is 169 cm³/mol. The Balaban J connectivity index is 1.67. The van der Waals surface area contributed by atoms with Crippen LogP contribution in [0.5, 0.6) is 11.5 Å². The molecule has 4 aromatic carbocycles. The monoisotopic (exact) mass is 599 g/mol. The van der Waals surface area contributed by atoms with Crippen LogP contribution in [0.25, 0.3) is 0 Å². The second-order valence-electron chi connectivity index (χ2n) is 10.2. The molecule has 0 fully saturated rings. The third kappa shape index (κ3) is 8.68. The van der Waals surface area contributed by atoms with Gasteiger partial charge in [-0.1, -0.05) is 72.8 Å². The molecule has 0 aliphatic heterocycles. The first-order valence-electron chi connectivity index (χ1n) is 14.1. The van der Waals surface area contributed by atoms with Gasteiger partial charge >= 0.3 is 0 Å². The molecular formula is C34H37N3O5S. The number of carbonyl (C=O) groups excluding carboxylic acids is 2. The molecule has 0 aliphatic rings. The molecule has 8 nitrogen and oxygen atoms in total. The van der Waals surface area contributed by atoms with E-state index in [0.717, 1.165) is 27.3 Å². The summed E-state index contributed by atoms with van der Waals surface area (Å²) in [5.74, 6) is 0.370. The molecule has 4 aromatic rings. The maximum absolute atomic E-state index is 14.2. The summed E-state index contributed by atoms with van der Waals surface area (Å²) in [6.45, 7) is 3.82. The number of anilines is 1. The topological polar surface area (TPSA) is 96.0 Å². The van der Waals surface area contributed by atoms with Crippen molar-refractivity contribution in [2.45, 2.75) is 32.9 Å². The number of para-hydroxylation sites is 1. The van der Waals surface area contributed by atoms with Crippen molar-refractivity contribution in [3.8, 4) is 11.5 Å². The van der Waals surface area contributed by atoms with Crippen LogP contribution in [-0.4, -0.2) is 50.5 Å². The Morgan fingerprint density at radius 1 is 0.814 bits per heavy atom. The number of nitrogens with one attached hydrogen (secondary N) is 1. The summed E-state index contributed by atoms with van der Waals surface area (Å²) >= 11 is 0. The molecule has 9 heteroatoms. The van der Waals surface area contributed by atoms with E-state index in [2.05, 4.69) is 5.32 Å². The van der Waals surface area contributed by atoms with Crippen LogP contribution in [0.15, 0.2) is 109 Å². The summed E-state index contributed by atoms with van der Waals surface area (Å²) in [6, 6.07) is 32.0. The molecule has 0 saturated carbocycles. The third-order valence-electron chi connectivity index (χ3n) is 7.01. The molecule has 0 heterocycles. The fraction of sp³-hybridized carbons (Fsp3) is 0.235. The number of likely N-dealkylation sites (N-methyl/N-ethyl adjacent to an activating group) is 1. The van der Waals surface area contributed by atoms with E-state index in [0.29, 0.717) is 23.7 Å². The van der Waals surface area contributed by atoms with Gasteiger partial charge in [0.05, 0.1) is 11.9 Å². The number of ether oxygens (including phenoxy) is 1. The normalized spacial score (nSPS) is 11.8. The van der Waals surface area contributed by atoms with E-state index < -0.39 is 28.5 Å². The molecule has 1 N–H and O–H groups in total. The minimum atomic E-state index is -3.87. The molecule has 0 spiro atoms. The number of hydrogen-bond acceptors (Lipinski definition) is 5. The summed E-state index contributed by atoms with van der Waals surface area (Å²) in [7, 11) is -3.87. The van der Waals surface area contributed by atoms with Crippen molar-refractivity contribution in [2.24, 2.45) is 0 Å². The number of rotatable bonds is 13. The number of nitrogens with zero attached hydrogens (tertiary/aromatic N) is 2. The summed E-state index contributed by atoms with van der Waals surface area (Å²) in [5, 5.41) is 2.86. The minimum Gasteiger partial charge on any atom is -0.457 e. The van der Waals surface area contributed by atoms with Gasteiger partial charge < -0.3 is 15.0 Å². The Morgan fingerprint density at radius 3 is 2.00 bits per heavy atom. The van der Waals surface area contributed by atoms with Gasteiger partial charge in [-0.05, 0) is 66.9 Å². The van der Waals surface area contributed by atoms with E-state index in [4.69, 9.17) is 4.74 Å². The molecule has 0 bridgehead atoms. The number of amides is 2. The SMILES string of the molecule is CCNC(=O)C(Cc1ccccc1)N(Cc1ccccc1C)C(=O)CN(c1ccc(Oc2ccccc2)cc1)S(C)(=O)=O. The molecule has 2 amide bonds. The van der Waals surface area contributed by atoms with Gasteiger partial charge in [-0.15, -0.1) is 0 Å². The van der Waals surface area contributed by atoms with Gasteiger partial charge in [0, 0.05) is 19.5 Å². The van der Waals surface area contributed by atoms with E-state index in [1.807, 2.05) is 98.8 Å². The quantitative estimate of drug-likeness (QED) is 0.224. The highest BCUT2D eigenvalue weighted by Crippen LogP contribution is 2.26. The molecule has 43 heavy (non-hydrogen) atoms. The average molecular weight is 600 g/mol.